The Bertz CT molecular complexity index is 352. The maximum atomic E-state index is 13.2. The van der Waals surface area contributed by atoms with Gasteiger partial charge in [0, 0.05) is 18.8 Å². The molecular weight excluding hydrogens is 261 g/mol. The van der Waals surface area contributed by atoms with Crippen LogP contribution in [0, 0.1) is 5.82 Å². The Kier molecular flexibility index (Phi) is 3.26. The summed E-state index contributed by atoms with van der Waals surface area (Å²) in [4.78, 5) is 0. The first kappa shape index (κ1) is 10.9. The van der Waals surface area contributed by atoms with E-state index in [4.69, 9.17) is 4.74 Å². The van der Waals surface area contributed by atoms with E-state index in [0.717, 1.165) is 18.5 Å². The molecule has 1 aliphatic rings. The number of hydrogen-bond acceptors (Lipinski definition) is 2. The summed E-state index contributed by atoms with van der Waals surface area (Å²) in [6.07, 6.45) is 2.35. The van der Waals surface area contributed by atoms with Gasteiger partial charge in [0.05, 0.1) is 10.6 Å². The van der Waals surface area contributed by atoms with Gasteiger partial charge in [-0.15, -0.1) is 0 Å². The molecule has 1 aromatic rings. The third-order valence-electron chi connectivity index (χ3n) is 2.72. The molecule has 4 heteroatoms. The molecule has 0 aliphatic heterocycles. The fraction of sp³-hybridized carbons (Fsp3) is 0.455. The number of nitrogens with one attached hydrogen (secondary N) is 1. The fourth-order valence-corrected chi connectivity index (χ4v) is 1.94. The molecule has 0 aromatic heterocycles. The van der Waals surface area contributed by atoms with Crippen molar-refractivity contribution in [2.75, 3.05) is 12.4 Å². The number of halogens is 2. The van der Waals surface area contributed by atoms with Crippen molar-refractivity contribution in [1.29, 1.82) is 0 Å². The van der Waals surface area contributed by atoms with E-state index in [2.05, 4.69) is 21.2 Å². The van der Waals surface area contributed by atoms with Gasteiger partial charge in [-0.25, -0.2) is 4.39 Å². The van der Waals surface area contributed by atoms with Gasteiger partial charge in [0.1, 0.15) is 5.82 Å². The lowest BCUT2D eigenvalue weighted by Crippen LogP contribution is -2.40. The van der Waals surface area contributed by atoms with Crippen LogP contribution in [0.25, 0.3) is 0 Å². The molecule has 0 atom stereocenters. The zero-order valence-corrected chi connectivity index (χ0v) is 10.1. The lowest BCUT2D eigenvalue weighted by molar-refractivity contribution is 0.0329. The van der Waals surface area contributed by atoms with E-state index in [1.807, 2.05) is 6.07 Å². The van der Waals surface area contributed by atoms with Gasteiger partial charge in [-0.05, 0) is 47.0 Å². The standard InChI is InChI=1S/C11H13BrFNO/c1-15-9-4-8(5-9)14-7-2-3-10(12)11(13)6-7/h2-3,6,8-9,14H,4-5H2,1H3. The van der Waals surface area contributed by atoms with Crippen molar-refractivity contribution < 1.29 is 9.13 Å². The van der Waals surface area contributed by atoms with Crippen molar-refractivity contribution in [2.24, 2.45) is 0 Å². The lowest BCUT2D eigenvalue weighted by Gasteiger charge is -2.35. The number of anilines is 1. The van der Waals surface area contributed by atoms with Gasteiger partial charge in [-0.2, -0.15) is 0 Å². The molecule has 0 bridgehead atoms. The summed E-state index contributed by atoms with van der Waals surface area (Å²) >= 11 is 3.12. The Morgan fingerprint density at radius 2 is 2.20 bits per heavy atom. The molecule has 0 heterocycles. The molecule has 1 fully saturated rings. The zero-order chi connectivity index (χ0) is 10.8. The van der Waals surface area contributed by atoms with Gasteiger partial charge in [0.15, 0.2) is 0 Å². The van der Waals surface area contributed by atoms with Crippen LogP contribution in [-0.2, 0) is 4.74 Å². The number of benzene rings is 1. The van der Waals surface area contributed by atoms with Crippen LogP contribution in [0.3, 0.4) is 0 Å². The van der Waals surface area contributed by atoms with E-state index < -0.39 is 0 Å². The first-order chi connectivity index (χ1) is 7.19. The SMILES string of the molecule is COC1CC(Nc2ccc(Br)c(F)c2)C1. The largest absolute Gasteiger partial charge is 0.382 e. The van der Waals surface area contributed by atoms with Crippen LogP contribution in [0.4, 0.5) is 10.1 Å². The van der Waals surface area contributed by atoms with Crippen LogP contribution >= 0.6 is 15.9 Å². The van der Waals surface area contributed by atoms with Crippen LogP contribution < -0.4 is 5.32 Å². The molecule has 15 heavy (non-hydrogen) atoms. The first-order valence-corrected chi connectivity index (χ1v) is 5.72. The van der Waals surface area contributed by atoms with Crippen molar-refractivity contribution >= 4 is 21.6 Å². The van der Waals surface area contributed by atoms with Gasteiger partial charge in [0.2, 0.25) is 0 Å². The van der Waals surface area contributed by atoms with Gasteiger partial charge < -0.3 is 10.1 Å². The van der Waals surface area contributed by atoms with Crippen LogP contribution in [0.2, 0.25) is 0 Å². The summed E-state index contributed by atoms with van der Waals surface area (Å²) in [5, 5.41) is 3.27. The number of hydrogen-bond donors (Lipinski definition) is 1. The van der Waals surface area contributed by atoms with Crippen molar-refractivity contribution in [2.45, 2.75) is 25.0 Å². The number of ether oxygens (including phenoxy) is 1. The highest BCUT2D eigenvalue weighted by molar-refractivity contribution is 9.10. The average molecular weight is 274 g/mol. The minimum atomic E-state index is -0.234. The summed E-state index contributed by atoms with van der Waals surface area (Å²) in [5.74, 6) is -0.234. The predicted molar refractivity (Wildman–Crippen MR) is 61.5 cm³/mol. The molecule has 1 aliphatic carbocycles. The molecule has 2 rings (SSSR count). The van der Waals surface area contributed by atoms with E-state index in [1.54, 1.807) is 13.2 Å². The van der Waals surface area contributed by atoms with Gasteiger partial charge in [-0.1, -0.05) is 0 Å². The molecule has 1 saturated carbocycles. The van der Waals surface area contributed by atoms with Crippen molar-refractivity contribution in [3.63, 3.8) is 0 Å². The van der Waals surface area contributed by atoms with E-state index in [1.165, 1.54) is 6.07 Å². The highest BCUT2D eigenvalue weighted by Crippen LogP contribution is 2.27. The van der Waals surface area contributed by atoms with Gasteiger partial charge >= 0.3 is 0 Å². The second-order valence-corrected chi connectivity index (χ2v) is 4.65. The Balaban J connectivity index is 1.92. The van der Waals surface area contributed by atoms with Crippen molar-refractivity contribution in [3.05, 3.63) is 28.5 Å². The second-order valence-electron chi connectivity index (χ2n) is 3.80. The van der Waals surface area contributed by atoms with E-state index in [-0.39, 0.29) is 5.82 Å². The normalized spacial score (nSPS) is 24.7. The first-order valence-electron chi connectivity index (χ1n) is 4.93. The van der Waals surface area contributed by atoms with Crippen LogP contribution in [0.1, 0.15) is 12.8 Å². The maximum absolute atomic E-state index is 13.2. The Labute approximate surface area is 96.9 Å². The molecule has 0 amide bonds. The summed E-state index contributed by atoms with van der Waals surface area (Å²) < 4.78 is 18.9. The molecule has 0 saturated heterocycles. The average Bonchev–Trinajstić information content (AvgIpc) is 2.16. The molecule has 0 unspecified atom stereocenters. The highest BCUT2D eigenvalue weighted by Gasteiger charge is 2.28. The number of methoxy groups -OCH3 is 1. The molecule has 1 N–H and O–H groups in total. The van der Waals surface area contributed by atoms with Gasteiger partial charge in [-0.3, -0.25) is 0 Å². The highest BCUT2D eigenvalue weighted by atomic mass is 79.9. The molecule has 1 aromatic carbocycles. The monoisotopic (exact) mass is 273 g/mol. The quantitative estimate of drug-likeness (QED) is 0.914. The molecule has 0 radical (unpaired) electrons. The molecular formula is C11H13BrFNO. The topological polar surface area (TPSA) is 21.3 Å². The van der Waals surface area contributed by atoms with Crippen molar-refractivity contribution in [1.82, 2.24) is 0 Å². The third kappa shape index (κ3) is 2.49. The zero-order valence-electron chi connectivity index (χ0n) is 8.47. The van der Waals surface area contributed by atoms with Crippen LogP contribution in [-0.4, -0.2) is 19.3 Å². The summed E-state index contributed by atoms with van der Waals surface area (Å²) in [5.41, 5.74) is 0.829. The summed E-state index contributed by atoms with van der Waals surface area (Å²) in [6.45, 7) is 0. The number of rotatable bonds is 3. The Morgan fingerprint density at radius 3 is 2.80 bits per heavy atom. The summed E-state index contributed by atoms with van der Waals surface area (Å²) in [7, 11) is 1.72. The minimum absolute atomic E-state index is 0.234. The smallest absolute Gasteiger partial charge is 0.139 e. The van der Waals surface area contributed by atoms with Crippen LogP contribution in [0.15, 0.2) is 22.7 Å². The van der Waals surface area contributed by atoms with E-state index in [0.29, 0.717) is 16.6 Å². The molecule has 2 nitrogen and oxygen atoms in total. The Morgan fingerprint density at radius 1 is 1.47 bits per heavy atom. The van der Waals surface area contributed by atoms with Crippen LogP contribution in [0.5, 0.6) is 0 Å². The molecule has 0 spiro atoms. The van der Waals surface area contributed by atoms with Crippen molar-refractivity contribution in [3.8, 4) is 0 Å². The minimum Gasteiger partial charge on any atom is -0.382 e. The maximum Gasteiger partial charge on any atom is 0.139 e. The Hall–Kier alpha value is -0.610. The van der Waals surface area contributed by atoms with Gasteiger partial charge in [0.25, 0.3) is 0 Å². The fourth-order valence-electron chi connectivity index (χ4n) is 1.70. The second kappa shape index (κ2) is 4.49. The molecule has 82 valence electrons. The third-order valence-corrected chi connectivity index (χ3v) is 3.36. The summed E-state index contributed by atoms with van der Waals surface area (Å²) in [6, 6.07) is 5.50. The predicted octanol–water partition coefficient (Wildman–Crippen LogP) is 3.18. The van der Waals surface area contributed by atoms with E-state index in [9.17, 15) is 4.39 Å². The lowest BCUT2D eigenvalue weighted by atomic mass is 9.89. The van der Waals surface area contributed by atoms with E-state index >= 15 is 0 Å².